The maximum absolute atomic E-state index is 13.3. The number of amides is 1. The van der Waals surface area contributed by atoms with Crippen LogP contribution < -0.4 is 5.32 Å². The zero-order valence-electron chi connectivity index (χ0n) is 53.9. The van der Waals surface area contributed by atoms with Crippen molar-refractivity contribution in [2.45, 2.75) is 343 Å². The summed E-state index contributed by atoms with van der Waals surface area (Å²) in [7, 11) is 0. The summed E-state index contributed by atoms with van der Waals surface area (Å²) in [6, 6.07) is -0.945. The molecule has 3 aliphatic rings. The molecule has 0 aromatic heterocycles. The van der Waals surface area contributed by atoms with Crippen LogP contribution in [0.15, 0.2) is 60.8 Å². The zero-order valence-corrected chi connectivity index (χ0v) is 53.9. The lowest BCUT2D eigenvalue weighted by molar-refractivity contribution is -0.379. The molecular weight excluding hydrogens is 1130 g/mol. The molecule has 17 unspecified atom stereocenters. The predicted octanol–water partition coefficient (Wildman–Crippen LogP) is 8.77. The van der Waals surface area contributed by atoms with Gasteiger partial charge >= 0.3 is 0 Å². The van der Waals surface area contributed by atoms with Crippen LogP contribution in [0.5, 0.6) is 0 Å². The highest BCUT2D eigenvalue weighted by atomic mass is 16.8. The number of nitrogens with one attached hydrogen (secondary N) is 1. The van der Waals surface area contributed by atoms with Crippen molar-refractivity contribution in [1.29, 1.82) is 0 Å². The van der Waals surface area contributed by atoms with Crippen LogP contribution in [0.2, 0.25) is 0 Å². The van der Waals surface area contributed by atoms with Crippen LogP contribution in [-0.4, -0.2) is 193 Å². The van der Waals surface area contributed by atoms with Gasteiger partial charge in [0.1, 0.15) is 73.2 Å². The monoisotopic (exact) mass is 1250 g/mol. The average molecular weight is 1250 g/mol. The fourth-order valence-corrected chi connectivity index (χ4v) is 11.6. The molecule has 3 saturated heterocycles. The molecule has 0 aliphatic carbocycles. The summed E-state index contributed by atoms with van der Waals surface area (Å²) < 4.78 is 34.3. The quantitative estimate of drug-likeness (QED) is 0.0200. The summed E-state index contributed by atoms with van der Waals surface area (Å²) in [5.41, 5.74) is 0. The van der Waals surface area contributed by atoms with Gasteiger partial charge in [0.2, 0.25) is 5.91 Å². The van der Waals surface area contributed by atoms with Crippen LogP contribution in [0.3, 0.4) is 0 Å². The molecule has 88 heavy (non-hydrogen) atoms. The van der Waals surface area contributed by atoms with Gasteiger partial charge in [0.25, 0.3) is 0 Å². The Hall–Kier alpha value is -2.51. The van der Waals surface area contributed by atoms with Crippen molar-refractivity contribution in [2.24, 2.45) is 0 Å². The minimum absolute atomic E-state index is 0.0325. The smallest absolute Gasteiger partial charge is 0.224 e. The Bertz CT molecular complexity index is 1830. The molecule has 3 fully saturated rings. The highest BCUT2D eigenvalue weighted by Gasteiger charge is 2.53. The van der Waals surface area contributed by atoms with Crippen LogP contribution in [0.25, 0.3) is 0 Å². The van der Waals surface area contributed by atoms with Crippen LogP contribution in [0.1, 0.15) is 239 Å². The third-order valence-electron chi connectivity index (χ3n) is 17.1. The Kier molecular flexibility index (Phi) is 46.2. The second-order valence-corrected chi connectivity index (χ2v) is 24.6. The molecule has 0 spiro atoms. The number of rotatable bonds is 52. The molecule has 0 saturated carbocycles. The standard InChI is InChI=1S/C69H123NO18/c1-3-5-7-9-11-13-15-17-19-20-21-22-23-24-25-26-27-28-29-30-31-33-34-36-38-40-42-44-46-53(74)52(70-57(75)47-45-43-41-39-37-35-32-18-16-14-12-10-8-6-4-2)51-83-67-63(81)60(78)65(55(49-72)85-67)88-69-64(82)61(79)66(56(50-73)86-69)87-68-62(80)59(77)58(76)54(48-71)84-68/h6,8,12,14,18,32,37,39,43,45,52-56,58-69,71-74,76-82H,3-5,7,9-11,13,15-17,19-31,33-36,38,40-42,44,46-51H2,1-2H3,(H,70,75)/b8-6-,14-12-,32-18-,39-37-,45-43-. The second-order valence-electron chi connectivity index (χ2n) is 24.6. The van der Waals surface area contributed by atoms with Crippen LogP contribution in [0.4, 0.5) is 0 Å². The van der Waals surface area contributed by atoms with Crippen LogP contribution >= 0.6 is 0 Å². The number of carbonyl (C=O) groups excluding carboxylic acids is 1. The van der Waals surface area contributed by atoms with E-state index in [-0.39, 0.29) is 18.9 Å². The SMILES string of the molecule is CC/C=C\C/C=C\C/C=C\C/C=C\C/C=C\CC(=O)NC(COC1OC(CO)C(OC2OC(CO)C(OC3OC(CO)C(O)C(O)C3O)C(O)C2O)C(O)C1O)C(O)CCCCCCCCCCCCCCCCCCCCCCCCCCCCCC. The van der Waals surface area contributed by atoms with Gasteiger partial charge in [0.15, 0.2) is 18.9 Å². The highest BCUT2D eigenvalue weighted by molar-refractivity contribution is 5.77. The minimum Gasteiger partial charge on any atom is -0.394 e. The molecule has 0 bridgehead atoms. The maximum Gasteiger partial charge on any atom is 0.224 e. The number of hydrogen-bond donors (Lipinski definition) is 12. The third-order valence-corrected chi connectivity index (χ3v) is 17.1. The van der Waals surface area contributed by atoms with Gasteiger partial charge in [-0.3, -0.25) is 4.79 Å². The van der Waals surface area contributed by atoms with E-state index in [4.69, 9.17) is 28.4 Å². The topological polar surface area (TPSA) is 307 Å². The van der Waals surface area contributed by atoms with Crippen molar-refractivity contribution in [2.75, 3.05) is 26.4 Å². The Labute approximate surface area is 528 Å². The third kappa shape index (κ3) is 32.9. The molecule has 0 aromatic rings. The molecule has 19 heteroatoms. The fraction of sp³-hybridized carbons (Fsp3) is 0.841. The van der Waals surface area contributed by atoms with Crippen molar-refractivity contribution < 1.29 is 89.4 Å². The molecule has 19 nitrogen and oxygen atoms in total. The number of ether oxygens (including phenoxy) is 6. The Morgan fingerprint density at radius 1 is 0.409 bits per heavy atom. The maximum atomic E-state index is 13.3. The lowest BCUT2D eigenvalue weighted by Crippen LogP contribution is -2.66. The molecule has 17 atom stereocenters. The van der Waals surface area contributed by atoms with E-state index in [2.05, 4.69) is 61.7 Å². The summed E-state index contributed by atoms with van der Waals surface area (Å²) in [6.07, 6.45) is 34.9. The first-order valence-electron chi connectivity index (χ1n) is 34.5. The number of hydrogen-bond acceptors (Lipinski definition) is 18. The van der Waals surface area contributed by atoms with Gasteiger partial charge in [-0.2, -0.15) is 0 Å². The number of aliphatic hydroxyl groups is 11. The molecule has 12 N–H and O–H groups in total. The number of unbranched alkanes of at least 4 members (excludes halogenated alkanes) is 27. The van der Waals surface area contributed by atoms with Crippen molar-refractivity contribution in [3.05, 3.63) is 60.8 Å². The largest absolute Gasteiger partial charge is 0.394 e. The van der Waals surface area contributed by atoms with Crippen LogP contribution in [-0.2, 0) is 33.2 Å². The second kappa shape index (κ2) is 51.0. The van der Waals surface area contributed by atoms with Gasteiger partial charge in [-0.05, 0) is 38.5 Å². The van der Waals surface area contributed by atoms with E-state index in [9.17, 15) is 61.0 Å². The predicted molar refractivity (Wildman–Crippen MR) is 342 cm³/mol. The highest BCUT2D eigenvalue weighted by Crippen LogP contribution is 2.33. The summed E-state index contributed by atoms with van der Waals surface area (Å²) >= 11 is 0. The normalized spacial score (nSPS) is 28.8. The van der Waals surface area contributed by atoms with E-state index in [1.165, 1.54) is 154 Å². The van der Waals surface area contributed by atoms with E-state index >= 15 is 0 Å². The number of aliphatic hydroxyl groups excluding tert-OH is 11. The van der Waals surface area contributed by atoms with E-state index in [1.54, 1.807) is 6.08 Å². The van der Waals surface area contributed by atoms with Gasteiger partial charge in [-0.1, -0.05) is 254 Å². The first-order valence-corrected chi connectivity index (χ1v) is 34.5. The molecule has 3 rings (SSSR count). The number of allylic oxidation sites excluding steroid dienone is 9. The lowest BCUT2D eigenvalue weighted by atomic mass is 9.96. The molecular formula is C69H123NO18. The van der Waals surface area contributed by atoms with Gasteiger partial charge in [0.05, 0.1) is 38.6 Å². The van der Waals surface area contributed by atoms with Crippen molar-refractivity contribution >= 4 is 5.91 Å². The summed E-state index contributed by atoms with van der Waals surface area (Å²) in [4.78, 5) is 13.3. The summed E-state index contributed by atoms with van der Waals surface area (Å²) in [6.45, 7) is 1.62. The van der Waals surface area contributed by atoms with E-state index < -0.39 is 124 Å². The Balaban J connectivity index is 1.42. The van der Waals surface area contributed by atoms with Gasteiger partial charge in [-0.25, -0.2) is 0 Å². The Morgan fingerprint density at radius 2 is 0.739 bits per heavy atom. The summed E-state index contributed by atoms with van der Waals surface area (Å²) in [5, 5.41) is 120. The molecule has 0 aromatic carbocycles. The molecule has 512 valence electrons. The first kappa shape index (κ1) is 79.7. The fourth-order valence-electron chi connectivity index (χ4n) is 11.6. The zero-order chi connectivity index (χ0) is 64.0. The van der Waals surface area contributed by atoms with Gasteiger partial charge in [-0.15, -0.1) is 0 Å². The molecule has 0 radical (unpaired) electrons. The van der Waals surface area contributed by atoms with Crippen molar-refractivity contribution in [3.63, 3.8) is 0 Å². The summed E-state index contributed by atoms with van der Waals surface area (Å²) in [5.74, 6) is -0.369. The first-order chi connectivity index (χ1) is 42.8. The molecule has 1 amide bonds. The average Bonchev–Trinajstić information content (AvgIpc) is 3.59. The lowest BCUT2D eigenvalue weighted by Gasteiger charge is -2.48. The van der Waals surface area contributed by atoms with Gasteiger partial charge in [0, 0.05) is 6.42 Å². The van der Waals surface area contributed by atoms with Crippen molar-refractivity contribution in [3.8, 4) is 0 Å². The van der Waals surface area contributed by atoms with E-state index in [0.717, 1.165) is 44.9 Å². The molecule has 3 aliphatic heterocycles. The minimum atomic E-state index is -1.98. The number of carbonyl (C=O) groups is 1. The van der Waals surface area contributed by atoms with E-state index in [1.807, 2.05) is 12.2 Å². The van der Waals surface area contributed by atoms with Crippen molar-refractivity contribution in [1.82, 2.24) is 5.32 Å². The van der Waals surface area contributed by atoms with E-state index in [0.29, 0.717) is 19.3 Å². The Morgan fingerprint density at radius 3 is 1.12 bits per heavy atom. The molecule has 3 heterocycles. The van der Waals surface area contributed by atoms with Crippen LogP contribution in [0, 0.1) is 0 Å². The van der Waals surface area contributed by atoms with Gasteiger partial charge < -0.3 is 89.9 Å².